The number of rotatable bonds is 7. The lowest BCUT2D eigenvalue weighted by Gasteiger charge is -2.36. The SMILES string of the molecule is N#Cc1ccccc1CN(c1ccc(C(=O)N2CCN(c3ccccc3)CC2)cc1)S(=O)(=O)c1ccccc1. The molecule has 1 amide bonds. The Morgan fingerprint density at radius 2 is 1.36 bits per heavy atom. The lowest BCUT2D eigenvalue weighted by Crippen LogP contribution is -2.48. The highest BCUT2D eigenvalue weighted by molar-refractivity contribution is 7.92. The summed E-state index contributed by atoms with van der Waals surface area (Å²) < 4.78 is 28.7. The molecule has 1 aliphatic rings. The quantitative estimate of drug-likeness (QED) is 0.335. The van der Waals surface area contributed by atoms with Crippen LogP contribution in [0, 0.1) is 11.3 Å². The van der Waals surface area contributed by atoms with E-state index in [0.717, 1.165) is 18.8 Å². The first-order chi connectivity index (χ1) is 19.0. The zero-order chi connectivity index (χ0) is 27.2. The Morgan fingerprint density at radius 1 is 0.769 bits per heavy atom. The van der Waals surface area contributed by atoms with Crippen molar-refractivity contribution in [1.29, 1.82) is 5.26 Å². The van der Waals surface area contributed by atoms with Crippen LogP contribution in [0.5, 0.6) is 0 Å². The van der Waals surface area contributed by atoms with Crippen LogP contribution in [-0.2, 0) is 16.6 Å². The largest absolute Gasteiger partial charge is 0.368 e. The maximum Gasteiger partial charge on any atom is 0.264 e. The van der Waals surface area contributed by atoms with E-state index >= 15 is 0 Å². The molecule has 1 aliphatic heterocycles. The molecule has 0 atom stereocenters. The second-order valence-corrected chi connectivity index (χ2v) is 11.1. The normalized spacial score (nSPS) is 13.5. The highest BCUT2D eigenvalue weighted by Crippen LogP contribution is 2.28. The minimum Gasteiger partial charge on any atom is -0.368 e. The molecule has 0 saturated carbocycles. The van der Waals surface area contributed by atoms with E-state index in [9.17, 15) is 18.5 Å². The number of nitrogens with zero attached hydrogens (tertiary/aromatic N) is 4. The van der Waals surface area contributed by atoms with Gasteiger partial charge in [-0.1, -0.05) is 54.6 Å². The van der Waals surface area contributed by atoms with Crippen molar-refractivity contribution in [3.63, 3.8) is 0 Å². The molecule has 1 saturated heterocycles. The standard InChI is InChI=1S/C31H28N4O3S/c32-23-26-9-7-8-10-27(26)24-35(39(37,38)30-13-5-2-6-14-30)29-17-15-25(16-18-29)31(36)34-21-19-33(20-22-34)28-11-3-1-4-12-28/h1-18H,19-22,24H2. The topological polar surface area (TPSA) is 84.7 Å². The van der Waals surface area contributed by atoms with E-state index < -0.39 is 10.0 Å². The van der Waals surface area contributed by atoms with Gasteiger partial charge in [-0.05, 0) is 60.2 Å². The fraction of sp³-hybridized carbons (Fsp3) is 0.161. The molecule has 0 unspecified atom stereocenters. The molecule has 0 spiro atoms. The van der Waals surface area contributed by atoms with Gasteiger partial charge in [-0.15, -0.1) is 0 Å². The van der Waals surface area contributed by atoms with Gasteiger partial charge in [0.15, 0.2) is 0 Å². The smallest absolute Gasteiger partial charge is 0.264 e. The molecule has 1 fully saturated rings. The summed E-state index contributed by atoms with van der Waals surface area (Å²) in [6.45, 7) is 2.68. The van der Waals surface area contributed by atoms with E-state index in [0.29, 0.717) is 35.5 Å². The van der Waals surface area contributed by atoms with E-state index in [1.165, 1.54) is 4.31 Å². The molecule has 0 bridgehead atoms. The van der Waals surface area contributed by atoms with E-state index in [1.54, 1.807) is 78.9 Å². The number of carbonyl (C=O) groups excluding carboxylic acids is 1. The molecule has 0 radical (unpaired) electrons. The summed E-state index contributed by atoms with van der Waals surface area (Å²) >= 11 is 0. The van der Waals surface area contributed by atoms with Crippen molar-refractivity contribution in [3.05, 3.63) is 126 Å². The molecule has 39 heavy (non-hydrogen) atoms. The van der Waals surface area contributed by atoms with Gasteiger partial charge >= 0.3 is 0 Å². The van der Waals surface area contributed by atoms with Gasteiger partial charge in [0.1, 0.15) is 0 Å². The van der Waals surface area contributed by atoms with Crippen LogP contribution in [0.1, 0.15) is 21.5 Å². The summed E-state index contributed by atoms with van der Waals surface area (Å²) in [4.78, 5) is 17.5. The highest BCUT2D eigenvalue weighted by atomic mass is 32.2. The van der Waals surface area contributed by atoms with Crippen LogP contribution in [0.4, 0.5) is 11.4 Å². The third kappa shape index (κ3) is 5.64. The van der Waals surface area contributed by atoms with Gasteiger partial charge in [0.2, 0.25) is 0 Å². The van der Waals surface area contributed by atoms with Gasteiger partial charge in [-0.2, -0.15) is 5.26 Å². The second-order valence-electron chi connectivity index (χ2n) is 9.26. The Hall–Kier alpha value is -4.61. The number of anilines is 2. The maximum absolute atomic E-state index is 13.7. The molecule has 0 aromatic heterocycles. The number of nitriles is 1. The van der Waals surface area contributed by atoms with E-state index in [4.69, 9.17) is 0 Å². The minimum atomic E-state index is -3.94. The second kappa shape index (κ2) is 11.4. The average Bonchev–Trinajstić information content (AvgIpc) is 3.00. The minimum absolute atomic E-state index is 0.0182. The summed E-state index contributed by atoms with van der Waals surface area (Å²) in [6.07, 6.45) is 0. The first-order valence-electron chi connectivity index (χ1n) is 12.7. The third-order valence-corrected chi connectivity index (χ3v) is 8.66. The zero-order valence-corrected chi connectivity index (χ0v) is 22.2. The Balaban J connectivity index is 1.38. The predicted octanol–water partition coefficient (Wildman–Crippen LogP) is 4.92. The molecule has 7 nitrogen and oxygen atoms in total. The first kappa shape index (κ1) is 26.0. The number of hydrogen-bond acceptors (Lipinski definition) is 5. The highest BCUT2D eigenvalue weighted by Gasteiger charge is 2.27. The first-order valence-corrected chi connectivity index (χ1v) is 14.2. The summed E-state index contributed by atoms with van der Waals surface area (Å²) in [5.41, 5.74) is 3.06. The van der Waals surface area contributed by atoms with Gasteiger partial charge < -0.3 is 9.80 Å². The van der Waals surface area contributed by atoms with Crippen LogP contribution in [0.15, 0.2) is 114 Å². The van der Waals surface area contributed by atoms with Crippen molar-refractivity contribution in [2.45, 2.75) is 11.4 Å². The lowest BCUT2D eigenvalue weighted by molar-refractivity contribution is 0.0747. The van der Waals surface area contributed by atoms with Crippen LogP contribution in [-0.4, -0.2) is 45.4 Å². The monoisotopic (exact) mass is 536 g/mol. The van der Waals surface area contributed by atoms with Gasteiger partial charge in [-0.3, -0.25) is 9.10 Å². The zero-order valence-electron chi connectivity index (χ0n) is 21.3. The van der Waals surface area contributed by atoms with Gasteiger partial charge in [-0.25, -0.2) is 8.42 Å². The number of hydrogen-bond donors (Lipinski definition) is 0. The van der Waals surface area contributed by atoms with Crippen molar-refractivity contribution in [1.82, 2.24) is 4.90 Å². The molecule has 196 valence electrons. The fourth-order valence-corrected chi connectivity index (χ4v) is 6.18. The molecule has 0 aliphatic carbocycles. The van der Waals surface area contributed by atoms with Crippen molar-refractivity contribution in [3.8, 4) is 6.07 Å². The number of carbonyl (C=O) groups is 1. The number of sulfonamides is 1. The summed E-state index contributed by atoms with van der Waals surface area (Å²) in [7, 11) is -3.94. The van der Waals surface area contributed by atoms with Crippen LogP contribution in [0.2, 0.25) is 0 Å². The maximum atomic E-state index is 13.7. The fourth-order valence-electron chi connectivity index (χ4n) is 4.72. The Bertz CT molecular complexity index is 1580. The molecule has 4 aromatic carbocycles. The van der Waals surface area contributed by atoms with Gasteiger partial charge in [0.25, 0.3) is 15.9 Å². The molecular formula is C31H28N4O3S. The molecular weight excluding hydrogens is 508 g/mol. The Kier molecular flexibility index (Phi) is 7.62. The molecule has 8 heteroatoms. The van der Waals surface area contributed by atoms with Gasteiger partial charge in [0.05, 0.1) is 28.8 Å². The average molecular weight is 537 g/mol. The van der Waals surface area contributed by atoms with Crippen molar-refractivity contribution in [2.75, 3.05) is 35.4 Å². The van der Waals surface area contributed by atoms with Crippen molar-refractivity contribution < 1.29 is 13.2 Å². The number of amides is 1. The van der Waals surface area contributed by atoms with Crippen LogP contribution in [0.3, 0.4) is 0 Å². The van der Waals surface area contributed by atoms with Gasteiger partial charge in [0, 0.05) is 37.4 Å². The Morgan fingerprint density at radius 3 is 2.00 bits per heavy atom. The molecule has 5 rings (SSSR count). The van der Waals surface area contributed by atoms with Crippen molar-refractivity contribution in [2.24, 2.45) is 0 Å². The van der Waals surface area contributed by atoms with E-state index in [-0.39, 0.29) is 17.3 Å². The van der Waals surface area contributed by atoms with E-state index in [2.05, 4.69) is 23.1 Å². The lowest BCUT2D eigenvalue weighted by atomic mass is 10.1. The molecule has 1 heterocycles. The summed E-state index contributed by atoms with van der Waals surface area (Å²) in [5, 5.41) is 9.56. The van der Waals surface area contributed by atoms with Crippen LogP contribution in [0.25, 0.3) is 0 Å². The van der Waals surface area contributed by atoms with Crippen LogP contribution >= 0.6 is 0 Å². The molecule has 4 aromatic rings. The third-order valence-electron chi connectivity index (χ3n) is 6.87. The summed E-state index contributed by atoms with van der Waals surface area (Å²) in [5.74, 6) is -0.0819. The van der Waals surface area contributed by atoms with Crippen molar-refractivity contribution >= 4 is 27.3 Å². The molecule has 0 N–H and O–H groups in total. The number of para-hydroxylation sites is 1. The summed E-state index contributed by atoms with van der Waals surface area (Å²) in [6, 6.07) is 34.1. The Labute approximate surface area is 229 Å². The predicted molar refractivity (Wildman–Crippen MR) is 152 cm³/mol. The number of benzene rings is 4. The van der Waals surface area contributed by atoms with E-state index in [1.807, 2.05) is 23.1 Å². The van der Waals surface area contributed by atoms with Crippen LogP contribution < -0.4 is 9.21 Å². The number of piperazine rings is 1.